The smallest absolute Gasteiger partial charge is 0.262 e. The van der Waals surface area contributed by atoms with E-state index in [1.807, 2.05) is 0 Å². The highest BCUT2D eigenvalue weighted by molar-refractivity contribution is 7.89. The van der Waals surface area contributed by atoms with E-state index in [0.717, 1.165) is 0 Å². The van der Waals surface area contributed by atoms with Gasteiger partial charge in [-0.3, -0.25) is 4.79 Å². The van der Waals surface area contributed by atoms with Gasteiger partial charge in [0.25, 0.3) is 5.91 Å². The number of anilines is 1. The third-order valence-corrected chi connectivity index (χ3v) is 6.40. The minimum absolute atomic E-state index is 0.171. The molecule has 0 aliphatic carbocycles. The largest absolute Gasteiger partial charge is 0.497 e. The number of amides is 1. The van der Waals surface area contributed by atoms with Gasteiger partial charge < -0.3 is 24.3 Å². The molecule has 1 N–H and O–H groups in total. The van der Waals surface area contributed by atoms with Gasteiger partial charge in [-0.2, -0.15) is 4.31 Å². The Morgan fingerprint density at radius 2 is 1.70 bits per heavy atom. The average molecular weight is 436 g/mol. The van der Waals surface area contributed by atoms with Crippen molar-refractivity contribution in [2.75, 3.05) is 52.4 Å². The minimum atomic E-state index is -3.57. The van der Waals surface area contributed by atoms with Crippen LogP contribution in [0, 0.1) is 0 Å². The lowest BCUT2D eigenvalue weighted by Gasteiger charge is -2.26. The minimum Gasteiger partial charge on any atom is -0.497 e. The van der Waals surface area contributed by atoms with E-state index in [9.17, 15) is 13.2 Å². The lowest BCUT2D eigenvalue weighted by Crippen LogP contribution is -2.40. The third kappa shape index (κ3) is 5.21. The molecule has 1 aliphatic rings. The lowest BCUT2D eigenvalue weighted by atomic mass is 10.2. The monoisotopic (exact) mass is 436 g/mol. The van der Waals surface area contributed by atoms with Crippen molar-refractivity contribution in [2.45, 2.75) is 4.90 Å². The molecule has 0 radical (unpaired) electrons. The van der Waals surface area contributed by atoms with Gasteiger partial charge >= 0.3 is 0 Å². The topological polar surface area (TPSA) is 103 Å². The van der Waals surface area contributed by atoms with Gasteiger partial charge in [0, 0.05) is 19.2 Å². The van der Waals surface area contributed by atoms with E-state index < -0.39 is 10.0 Å². The molecule has 1 amide bonds. The van der Waals surface area contributed by atoms with Crippen LogP contribution in [0.25, 0.3) is 0 Å². The quantitative estimate of drug-likeness (QED) is 0.672. The van der Waals surface area contributed by atoms with E-state index in [1.165, 1.54) is 35.7 Å². The van der Waals surface area contributed by atoms with Crippen LogP contribution in [0.5, 0.6) is 17.2 Å². The van der Waals surface area contributed by atoms with Crippen molar-refractivity contribution in [3.8, 4) is 17.2 Å². The van der Waals surface area contributed by atoms with Gasteiger partial charge in [-0.05, 0) is 36.4 Å². The summed E-state index contributed by atoms with van der Waals surface area (Å²) in [6.07, 6.45) is 0. The molecular weight excluding hydrogens is 412 g/mol. The lowest BCUT2D eigenvalue weighted by molar-refractivity contribution is -0.118. The first-order valence-corrected chi connectivity index (χ1v) is 10.7. The molecule has 9 nitrogen and oxygen atoms in total. The Kier molecular flexibility index (Phi) is 7.14. The average Bonchev–Trinajstić information content (AvgIpc) is 2.78. The zero-order chi connectivity index (χ0) is 21.6. The van der Waals surface area contributed by atoms with Gasteiger partial charge in [0.1, 0.15) is 17.2 Å². The first kappa shape index (κ1) is 21.9. The molecule has 1 saturated heterocycles. The molecule has 10 heteroatoms. The van der Waals surface area contributed by atoms with Crippen molar-refractivity contribution in [1.29, 1.82) is 0 Å². The van der Waals surface area contributed by atoms with Crippen LogP contribution in [0.2, 0.25) is 0 Å². The molecule has 0 unspecified atom stereocenters. The van der Waals surface area contributed by atoms with E-state index in [1.54, 1.807) is 25.3 Å². The van der Waals surface area contributed by atoms with Gasteiger partial charge in [-0.1, -0.05) is 0 Å². The number of carbonyl (C=O) groups is 1. The number of morpholine rings is 1. The summed E-state index contributed by atoms with van der Waals surface area (Å²) in [4.78, 5) is 12.4. The molecule has 30 heavy (non-hydrogen) atoms. The van der Waals surface area contributed by atoms with E-state index in [0.29, 0.717) is 49.2 Å². The molecule has 0 atom stereocenters. The van der Waals surface area contributed by atoms with Crippen molar-refractivity contribution in [2.24, 2.45) is 0 Å². The summed E-state index contributed by atoms with van der Waals surface area (Å²) in [5.74, 6) is 1.06. The second-order valence-corrected chi connectivity index (χ2v) is 8.33. The summed E-state index contributed by atoms with van der Waals surface area (Å²) in [7, 11) is -0.536. The normalized spacial score (nSPS) is 14.7. The van der Waals surface area contributed by atoms with E-state index in [2.05, 4.69) is 5.32 Å². The standard InChI is InChI=1S/C20H24N2O7S/c1-26-16-5-8-18(19(13-16)27-2)21-20(23)14-29-15-3-6-17(7-4-15)30(24,25)22-9-11-28-12-10-22/h3-8,13H,9-12,14H2,1-2H3,(H,21,23). The van der Waals surface area contributed by atoms with Crippen LogP contribution in [0.1, 0.15) is 0 Å². The zero-order valence-electron chi connectivity index (χ0n) is 16.8. The fourth-order valence-electron chi connectivity index (χ4n) is 2.88. The van der Waals surface area contributed by atoms with Crippen LogP contribution in [0.3, 0.4) is 0 Å². The summed E-state index contributed by atoms with van der Waals surface area (Å²) in [5.41, 5.74) is 0.485. The third-order valence-electron chi connectivity index (χ3n) is 4.48. The number of carbonyl (C=O) groups excluding carboxylic acids is 1. The molecule has 162 valence electrons. The number of hydrogen-bond donors (Lipinski definition) is 1. The molecule has 3 rings (SSSR count). The van der Waals surface area contributed by atoms with Gasteiger partial charge in [-0.15, -0.1) is 0 Å². The summed E-state index contributed by atoms with van der Waals surface area (Å²) < 4.78 is 47.7. The summed E-state index contributed by atoms with van der Waals surface area (Å²) in [6.45, 7) is 1.18. The highest BCUT2D eigenvalue weighted by atomic mass is 32.2. The van der Waals surface area contributed by atoms with Crippen LogP contribution >= 0.6 is 0 Å². The number of sulfonamides is 1. The second kappa shape index (κ2) is 9.79. The Bertz CT molecular complexity index is 971. The summed E-state index contributed by atoms with van der Waals surface area (Å²) in [6, 6.07) is 11.0. The van der Waals surface area contributed by atoms with E-state index in [-0.39, 0.29) is 17.4 Å². The van der Waals surface area contributed by atoms with Crippen LogP contribution in [-0.2, 0) is 19.6 Å². The van der Waals surface area contributed by atoms with Gasteiger partial charge in [-0.25, -0.2) is 8.42 Å². The number of ether oxygens (including phenoxy) is 4. The molecule has 0 spiro atoms. The first-order valence-electron chi connectivity index (χ1n) is 9.26. The Balaban J connectivity index is 1.58. The molecular formula is C20H24N2O7S. The van der Waals surface area contributed by atoms with Crippen LogP contribution in [-0.4, -0.2) is 65.8 Å². The van der Waals surface area contributed by atoms with Crippen molar-refractivity contribution in [1.82, 2.24) is 4.31 Å². The number of benzene rings is 2. The predicted molar refractivity (Wildman–Crippen MR) is 110 cm³/mol. The number of hydrogen-bond acceptors (Lipinski definition) is 7. The van der Waals surface area contributed by atoms with Crippen LogP contribution < -0.4 is 19.5 Å². The fraction of sp³-hybridized carbons (Fsp3) is 0.350. The Morgan fingerprint density at radius 3 is 2.33 bits per heavy atom. The Morgan fingerprint density at radius 1 is 1.03 bits per heavy atom. The van der Waals surface area contributed by atoms with Crippen molar-refractivity contribution >= 4 is 21.6 Å². The highest BCUT2D eigenvalue weighted by Gasteiger charge is 2.26. The van der Waals surface area contributed by atoms with Gasteiger partial charge in [0.15, 0.2) is 6.61 Å². The Labute approximate surface area is 175 Å². The van der Waals surface area contributed by atoms with Gasteiger partial charge in [0.05, 0.1) is 38.0 Å². The molecule has 2 aromatic rings. The van der Waals surface area contributed by atoms with Gasteiger partial charge in [0.2, 0.25) is 10.0 Å². The van der Waals surface area contributed by atoms with Crippen LogP contribution in [0.4, 0.5) is 5.69 Å². The molecule has 1 heterocycles. The SMILES string of the molecule is COc1ccc(NC(=O)COc2ccc(S(=O)(=O)N3CCOCC3)cc2)c(OC)c1. The van der Waals surface area contributed by atoms with Crippen LogP contribution in [0.15, 0.2) is 47.4 Å². The summed E-state index contributed by atoms with van der Waals surface area (Å²) in [5, 5.41) is 2.70. The molecule has 0 aromatic heterocycles. The molecule has 1 aliphatic heterocycles. The maximum atomic E-state index is 12.6. The number of rotatable bonds is 8. The molecule has 0 bridgehead atoms. The maximum Gasteiger partial charge on any atom is 0.262 e. The van der Waals surface area contributed by atoms with Crippen molar-refractivity contribution in [3.63, 3.8) is 0 Å². The first-order chi connectivity index (χ1) is 14.4. The predicted octanol–water partition coefficient (Wildman–Crippen LogP) is 1.74. The molecule has 2 aromatic carbocycles. The molecule has 0 saturated carbocycles. The number of methoxy groups -OCH3 is 2. The van der Waals surface area contributed by atoms with Crippen molar-refractivity contribution in [3.05, 3.63) is 42.5 Å². The Hall–Kier alpha value is -2.82. The highest BCUT2D eigenvalue weighted by Crippen LogP contribution is 2.29. The van der Waals surface area contributed by atoms with Crippen molar-refractivity contribution < 1.29 is 32.2 Å². The van der Waals surface area contributed by atoms with E-state index in [4.69, 9.17) is 18.9 Å². The second-order valence-electron chi connectivity index (χ2n) is 6.39. The zero-order valence-corrected chi connectivity index (χ0v) is 17.6. The maximum absolute atomic E-state index is 12.6. The summed E-state index contributed by atoms with van der Waals surface area (Å²) >= 11 is 0. The number of nitrogens with zero attached hydrogens (tertiary/aromatic N) is 1. The molecule has 1 fully saturated rings. The number of nitrogens with one attached hydrogen (secondary N) is 1. The fourth-order valence-corrected chi connectivity index (χ4v) is 4.29. The van der Waals surface area contributed by atoms with E-state index >= 15 is 0 Å².